The van der Waals surface area contributed by atoms with Crippen LogP contribution in [0.3, 0.4) is 0 Å². The molecule has 0 N–H and O–H groups in total. The lowest BCUT2D eigenvalue weighted by Gasteiger charge is -2.13. The predicted octanol–water partition coefficient (Wildman–Crippen LogP) is 5.06. The van der Waals surface area contributed by atoms with E-state index in [2.05, 4.69) is 15.9 Å². The van der Waals surface area contributed by atoms with Crippen LogP contribution in [0.4, 0.5) is 13.2 Å². The summed E-state index contributed by atoms with van der Waals surface area (Å²) in [5.74, 6) is 2.49. The van der Waals surface area contributed by atoms with E-state index in [1.807, 2.05) is 0 Å². The molecule has 104 valence electrons. The molecule has 0 nitrogen and oxygen atoms in total. The Morgan fingerprint density at radius 2 is 1.68 bits per heavy atom. The van der Waals surface area contributed by atoms with Gasteiger partial charge in [0.15, 0.2) is 0 Å². The van der Waals surface area contributed by atoms with Gasteiger partial charge in [-0.3, -0.25) is 0 Å². The number of rotatable bonds is 3. The predicted molar refractivity (Wildman–Crippen MR) is 72.2 cm³/mol. The third kappa shape index (κ3) is 2.69. The van der Waals surface area contributed by atoms with Gasteiger partial charge in [0, 0.05) is 4.83 Å². The molecule has 0 saturated heterocycles. The fraction of sp³-hybridized carbons (Fsp3) is 0.600. The van der Waals surface area contributed by atoms with Crippen molar-refractivity contribution in [3.63, 3.8) is 0 Å². The first-order chi connectivity index (χ1) is 8.97. The third-order valence-electron chi connectivity index (χ3n) is 4.60. The van der Waals surface area contributed by atoms with E-state index in [1.165, 1.54) is 31.4 Å². The van der Waals surface area contributed by atoms with Gasteiger partial charge in [-0.1, -0.05) is 34.5 Å². The molecular weight excluding hydrogens is 317 g/mol. The Morgan fingerprint density at radius 1 is 1.11 bits per heavy atom. The standard InChI is InChI=1S/C15H16BrF3/c16-13(14-11-2-1-3-12(11)14)8-9-4-6-10(7-5-9)15(17,18)19/h4-7,11-14H,1-3,8H2. The molecule has 0 amide bonds. The Bertz CT molecular complexity index is 441. The highest BCUT2D eigenvalue weighted by Crippen LogP contribution is 2.60. The highest BCUT2D eigenvalue weighted by Gasteiger charge is 2.54. The summed E-state index contributed by atoms with van der Waals surface area (Å²) in [5.41, 5.74) is 0.422. The molecule has 3 unspecified atom stereocenters. The van der Waals surface area contributed by atoms with Crippen molar-refractivity contribution in [2.24, 2.45) is 17.8 Å². The summed E-state index contributed by atoms with van der Waals surface area (Å²) >= 11 is 3.73. The van der Waals surface area contributed by atoms with Crippen LogP contribution in [0.15, 0.2) is 24.3 Å². The molecule has 1 aromatic rings. The lowest BCUT2D eigenvalue weighted by atomic mass is 10.0. The summed E-state index contributed by atoms with van der Waals surface area (Å²) in [7, 11) is 0. The van der Waals surface area contributed by atoms with E-state index in [-0.39, 0.29) is 0 Å². The molecule has 3 rings (SSSR count). The zero-order chi connectivity index (χ0) is 13.6. The van der Waals surface area contributed by atoms with Gasteiger partial charge in [0.25, 0.3) is 0 Å². The molecule has 3 atom stereocenters. The second-order valence-electron chi connectivity index (χ2n) is 5.75. The molecule has 19 heavy (non-hydrogen) atoms. The van der Waals surface area contributed by atoms with Gasteiger partial charge in [-0.2, -0.15) is 13.2 Å². The van der Waals surface area contributed by atoms with Crippen LogP contribution in [-0.4, -0.2) is 4.83 Å². The maximum atomic E-state index is 12.5. The minimum absolute atomic E-state index is 0.416. The lowest BCUT2D eigenvalue weighted by molar-refractivity contribution is -0.137. The van der Waals surface area contributed by atoms with Crippen LogP contribution < -0.4 is 0 Å². The maximum Gasteiger partial charge on any atom is 0.416 e. The maximum absolute atomic E-state index is 12.5. The molecule has 0 bridgehead atoms. The largest absolute Gasteiger partial charge is 0.416 e. The van der Waals surface area contributed by atoms with Crippen LogP contribution in [-0.2, 0) is 12.6 Å². The zero-order valence-corrected chi connectivity index (χ0v) is 12.0. The van der Waals surface area contributed by atoms with E-state index in [1.54, 1.807) is 12.1 Å². The normalized spacial score (nSPS) is 31.1. The Morgan fingerprint density at radius 3 is 2.21 bits per heavy atom. The van der Waals surface area contributed by atoms with Crippen molar-refractivity contribution < 1.29 is 13.2 Å². The van der Waals surface area contributed by atoms with E-state index in [9.17, 15) is 13.2 Å². The van der Waals surface area contributed by atoms with E-state index < -0.39 is 11.7 Å². The van der Waals surface area contributed by atoms with E-state index in [4.69, 9.17) is 0 Å². The summed E-state index contributed by atoms with van der Waals surface area (Å²) in [5, 5.41) is 0. The molecule has 2 saturated carbocycles. The molecule has 4 heteroatoms. The Labute approximate surface area is 119 Å². The molecule has 2 aliphatic rings. The fourth-order valence-corrected chi connectivity index (χ4v) is 4.76. The minimum atomic E-state index is -4.24. The van der Waals surface area contributed by atoms with Gasteiger partial charge in [-0.25, -0.2) is 0 Å². The van der Waals surface area contributed by atoms with Gasteiger partial charge >= 0.3 is 6.18 Å². The second-order valence-corrected chi connectivity index (χ2v) is 6.93. The highest BCUT2D eigenvalue weighted by atomic mass is 79.9. The number of fused-ring (bicyclic) bond motifs is 1. The summed E-state index contributed by atoms with van der Waals surface area (Å²) in [6, 6.07) is 5.58. The third-order valence-corrected chi connectivity index (χ3v) is 5.54. The van der Waals surface area contributed by atoms with Crippen LogP contribution in [0.5, 0.6) is 0 Å². The lowest BCUT2D eigenvalue weighted by Crippen LogP contribution is -2.10. The van der Waals surface area contributed by atoms with Crippen LogP contribution in [0.2, 0.25) is 0 Å². The molecular formula is C15H16BrF3. The topological polar surface area (TPSA) is 0 Å². The minimum Gasteiger partial charge on any atom is -0.166 e. The number of hydrogen-bond donors (Lipinski definition) is 0. The molecule has 0 aromatic heterocycles. The van der Waals surface area contributed by atoms with Crippen LogP contribution in [0, 0.1) is 17.8 Å². The molecule has 0 radical (unpaired) electrons. The fourth-order valence-electron chi connectivity index (χ4n) is 3.60. The van der Waals surface area contributed by atoms with E-state index in [0.717, 1.165) is 29.7 Å². The SMILES string of the molecule is FC(F)(F)c1ccc(CC(Br)C2C3CCCC32)cc1. The van der Waals surface area contributed by atoms with Crippen LogP contribution in [0.25, 0.3) is 0 Å². The van der Waals surface area contributed by atoms with Crippen molar-refractivity contribution in [1.82, 2.24) is 0 Å². The second kappa shape index (κ2) is 4.80. The molecule has 1 aromatic carbocycles. The van der Waals surface area contributed by atoms with Gasteiger partial charge in [-0.05, 0) is 54.7 Å². The van der Waals surface area contributed by atoms with Crippen molar-refractivity contribution in [3.05, 3.63) is 35.4 Å². The summed E-state index contributed by atoms with van der Waals surface area (Å²) < 4.78 is 37.4. The average molecular weight is 333 g/mol. The first-order valence-electron chi connectivity index (χ1n) is 6.77. The quantitative estimate of drug-likeness (QED) is 0.679. The van der Waals surface area contributed by atoms with Gasteiger partial charge in [0.2, 0.25) is 0 Å². The Kier molecular flexibility index (Phi) is 3.40. The number of hydrogen-bond acceptors (Lipinski definition) is 0. The van der Waals surface area contributed by atoms with Crippen LogP contribution >= 0.6 is 15.9 Å². The van der Waals surface area contributed by atoms with Crippen molar-refractivity contribution in [2.75, 3.05) is 0 Å². The first kappa shape index (κ1) is 13.5. The van der Waals surface area contributed by atoms with Crippen molar-refractivity contribution in [3.8, 4) is 0 Å². The summed E-state index contributed by atoms with van der Waals surface area (Å²) in [4.78, 5) is 0.416. The molecule has 0 heterocycles. The monoisotopic (exact) mass is 332 g/mol. The molecule has 0 spiro atoms. The summed E-state index contributed by atoms with van der Waals surface area (Å²) in [6.45, 7) is 0. The van der Waals surface area contributed by atoms with E-state index >= 15 is 0 Å². The Hall–Kier alpha value is -0.510. The number of halogens is 4. The first-order valence-corrected chi connectivity index (χ1v) is 7.68. The summed E-state index contributed by atoms with van der Waals surface area (Å²) in [6.07, 6.45) is 0.621. The highest BCUT2D eigenvalue weighted by molar-refractivity contribution is 9.09. The molecule has 2 fully saturated rings. The van der Waals surface area contributed by atoms with Gasteiger partial charge in [0.05, 0.1) is 5.56 Å². The smallest absolute Gasteiger partial charge is 0.166 e. The zero-order valence-electron chi connectivity index (χ0n) is 10.5. The van der Waals surface area contributed by atoms with Crippen molar-refractivity contribution in [2.45, 2.75) is 36.7 Å². The van der Waals surface area contributed by atoms with Crippen molar-refractivity contribution in [1.29, 1.82) is 0 Å². The number of alkyl halides is 4. The Balaban J connectivity index is 1.61. The van der Waals surface area contributed by atoms with E-state index in [0.29, 0.717) is 4.83 Å². The van der Waals surface area contributed by atoms with Gasteiger partial charge in [-0.15, -0.1) is 0 Å². The van der Waals surface area contributed by atoms with Gasteiger partial charge in [0.1, 0.15) is 0 Å². The molecule has 2 aliphatic carbocycles. The average Bonchev–Trinajstić information content (AvgIpc) is 2.83. The van der Waals surface area contributed by atoms with Crippen molar-refractivity contribution >= 4 is 15.9 Å². The number of benzene rings is 1. The van der Waals surface area contributed by atoms with Crippen LogP contribution in [0.1, 0.15) is 30.4 Å². The molecule has 0 aliphatic heterocycles. The van der Waals surface area contributed by atoms with Gasteiger partial charge < -0.3 is 0 Å².